The van der Waals surface area contributed by atoms with Gasteiger partial charge in [0.2, 0.25) is 0 Å². The maximum atomic E-state index is 13.4. The number of rotatable bonds is 10. The Morgan fingerprint density at radius 1 is 0.881 bits per heavy atom. The van der Waals surface area contributed by atoms with E-state index in [0.717, 1.165) is 42.2 Å². The number of carbonyl (C=O) groups is 2. The molecule has 0 radical (unpaired) electrons. The van der Waals surface area contributed by atoms with Crippen molar-refractivity contribution in [3.8, 4) is 5.75 Å². The molecule has 1 saturated heterocycles. The predicted octanol–water partition coefficient (Wildman–Crippen LogP) is 4.97. The van der Waals surface area contributed by atoms with Gasteiger partial charge in [0.05, 0.1) is 23.9 Å². The van der Waals surface area contributed by atoms with E-state index in [0.29, 0.717) is 44.0 Å². The van der Waals surface area contributed by atoms with Gasteiger partial charge in [0.1, 0.15) is 5.75 Å². The first kappa shape index (κ1) is 30.7. The van der Waals surface area contributed by atoms with Crippen LogP contribution in [0, 0.1) is 0 Å². The zero-order valence-electron chi connectivity index (χ0n) is 24.0. The number of ether oxygens (including phenoxy) is 1. The van der Waals surface area contributed by atoms with Gasteiger partial charge < -0.3 is 30.1 Å². The molecule has 0 bridgehead atoms. The molecule has 1 fully saturated rings. The van der Waals surface area contributed by atoms with Crippen LogP contribution in [0.15, 0.2) is 66.7 Å². The van der Waals surface area contributed by atoms with E-state index in [2.05, 4.69) is 20.4 Å². The maximum absolute atomic E-state index is 13.4. The van der Waals surface area contributed by atoms with Gasteiger partial charge in [-0.1, -0.05) is 18.2 Å². The number of halogens is 3. The summed E-state index contributed by atoms with van der Waals surface area (Å²) >= 11 is 0. The highest BCUT2D eigenvalue weighted by Gasteiger charge is 2.31. The van der Waals surface area contributed by atoms with Crippen LogP contribution in [0.3, 0.4) is 0 Å². The predicted molar refractivity (Wildman–Crippen MR) is 159 cm³/mol. The monoisotopic (exact) mass is 583 g/mol. The number of hydrogen-bond donors (Lipinski definition) is 2. The molecule has 0 saturated carbocycles. The Morgan fingerprint density at radius 3 is 2.24 bits per heavy atom. The molecule has 0 aliphatic carbocycles. The van der Waals surface area contributed by atoms with Gasteiger partial charge in [0.15, 0.2) is 0 Å². The quantitative estimate of drug-likeness (QED) is 0.328. The van der Waals surface area contributed by atoms with E-state index in [4.69, 9.17) is 4.74 Å². The normalized spacial score (nSPS) is 13.7. The smallest absolute Gasteiger partial charge is 0.416 e. The van der Waals surface area contributed by atoms with Gasteiger partial charge in [-0.3, -0.25) is 9.59 Å². The standard InChI is InChI=1S/C31H36F3N5O3/c1-37(2)15-7-14-35-30(41)25-21-24(36-29(40)22-8-6-9-23(20-22)31(32,33)34)12-13-26(25)38-16-18-39(19-17-38)27-10-4-5-11-28(27)42-3/h4-6,8-13,20-21H,7,14-19H2,1-3H3,(H,35,41)(H,36,40). The number of anilines is 3. The maximum Gasteiger partial charge on any atom is 0.416 e. The first-order chi connectivity index (χ1) is 20.1. The molecule has 1 aliphatic heterocycles. The molecular weight excluding hydrogens is 547 g/mol. The lowest BCUT2D eigenvalue weighted by Gasteiger charge is -2.38. The van der Waals surface area contributed by atoms with Crippen molar-refractivity contribution < 1.29 is 27.5 Å². The molecule has 1 heterocycles. The molecule has 224 valence electrons. The lowest BCUT2D eigenvalue weighted by Crippen LogP contribution is -2.47. The van der Waals surface area contributed by atoms with Crippen molar-refractivity contribution >= 4 is 28.9 Å². The topological polar surface area (TPSA) is 77.1 Å². The first-order valence-electron chi connectivity index (χ1n) is 13.8. The summed E-state index contributed by atoms with van der Waals surface area (Å²) in [6.45, 7) is 3.99. The zero-order valence-corrected chi connectivity index (χ0v) is 24.0. The molecule has 0 spiro atoms. The largest absolute Gasteiger partial charge is 0.495 e. The van der Waals surface area contributed by atoms with Crippen molar-refractivity contribution in [3.05, 3.63) is 83.4 Å². The summed E-state index contributed by atoms with van der Waals surface area (Å²) in [4.78, 5) is 32.6. The number of hydrogen-bond acceptors (Lipinski definition) is 6. The Morgan fingerprint density at radius 2 is 1.57 bits per heavy atom. The van der Waals surface area contributed by atoms with Gasteiger partial charge in [-0.2, -0.15) is 13.2 Å². The van der Waals surface area contributed by atoms with Gasteiger partial charge in [-0.15, -0.1) is 0 Å². The molecule has 1 aliphatic rings. The van der Waals surface area contributed by atoms with E-state index in [-0.39, 0.29) is 11.5 Å². The van der Waals surface area contributed by atoms with Crippen LogP contribution in [0.2, 0.25) is 0 Å². The average Bonchev–Trinajstić information content (AvgIpc) is 2.98. The molecule has 0 unspecified atom stereocenters. The van der Waals surface area contributed by atoms with Gasteiger partial charge in [-0.05, 0) is 75.6 Å². The molecule has 4 rings (SSSR count). The summed E-state index contributed by atoms with van der Waals surface area (Å²) in [5.41, 5.74) is 1.38. The molecule has 0 atom stereocenters. The van der Waals surface area contributed by atoms with E-state index >= 15 is 0 Å². The highest BCUT2D eigenvalue weighted by molar-refractivity contribution is 6.06. The van der Waals surface area contributed by atoms with E-state index in [1.807, 2.05) is 43.3 Å². The van der Waals surface area contributed by atoms with Crippen molar-refractivity contribution in [3.63, 3.8) is 0 Å². The number of carbonyl (C=O) groups excluding carboxylic acids is 2. The fourth-order valence-electron chi connectivity index (χ4n) is 4.88. The second kappa shape index (κ2) is 13.6. The molecule has 3 aromatic rings. The van der Waals surface area contributed by atoms with Gasteiger partial charge >= 0.3 is 6.18 Å². The summed E-state index contributed by atoms with van der Waals surface area (Å²) in [5, 5.41) is 5.62. The molecular formula is C31H36F3N5O3. The van der Waals surface area contributed by atoms with Crippen LogP contribution < -0.4 is 25.2 Å². The summed E-state index contributed by atoms with van der Waals surface area (Å²) in [5.74, 6) is -0.188. The summed E-state index contributed by atoms with van der Waals surface area (Å²) in [6, 6.07) is 17.1. The third-order valence-electron chi connectivity index (χ3n) is 7.07. The van der Waals surface area contributed by atoms with Crippen molar-refractivity contribution in [2.75, 3.05) is 75.6 Å². The summed E-state index contributed by atoms with van der Waals surface area (Å²) < 4.78 is 45.0. The molecule has 2 amide bonds. The van der Waals surface area contributed by atoms with Crippen LogP contribution in [0.5, 0.6) is 5.75 Å². The number of piperazine rings is 1. The van der Waals surface area contributed by atoms with Crippen molar-refractivity contribution in [1.82, 2.24) is 10.2 Å². The number of para-hydroxylation sites is 2. The third-order valence-corrected chi connectivity index (χ3v) is 7.07. The fourth-order valence-corrected chi connectivity index (χ4v) is 4.88. The lowest BCUT2D eigenvalue weighted by atomic mass is 10.1. The van der Waals surface area contributed by atoms with Crippen molar-refractivity contribution in [2.24, 2.45) is 0 Å². The molecule has 0 aromatic heterocycles. The SMILES string of the molecule is COc1ccccc1N1CCN(c2ccc(NC(=O)c3cccc(C(F)(F)F)c3)cc2C(=O)NCCCN(C)C)CC1. The second-order valence-electron chi connectivity index (χ2n) is 10.3. The fraction of sp³-hybridized carbons (Fsp3) is 0.355. The number of amides is 2. The van der Waals surface area contributed by atoms with Gasteiger partial charge in [0.25, 0.3) is 11.8 Å². The van der Waals surface area contributed by atoms with Crippen LogP contribution in [0.4, 0.5) is 30.2 Å². The van der Waals surface area contributed by atoms with Crippen LogP contribution in [-0.4, -0.2) is 77.2 Å². The van der Waals surface area contributed by atoms with Crippen LogP contribution >= 0.6 is 0 Å². The van der Waals surface area contributed by atoms with E-state index in [1.165, 1.54) is 12.1 Å². The zero-order chi connectivity index (χ0) is 30.3. The molecule has 8 nitrogen and oxygen atoms in total. The highest BCUT2D eigenvalue weighted by Crippen LogP contribution is 2.32. The van der Waals surface area contributed by atoms with Gasteiger partial charge in [0, 0.05) is 49.7 Å². The summed E-state index contributed by atoms with van der Waals surface area (Å²) in [6.07, 6.45) is -3.80. The molecule has 3 aromatic carbocycles. The first-order valence-corrected chi connectivity index (χ1v) is 13.8. The molecule has 11 heteroatoms. The number of alkyl halides is 3. The Kier molecular flexibility index (Phi) is 9.95. The highest BCUT2D eigenvalue weighted by atomic mass is 19.4. The Hall–Kier alpha value is -4.25. The van der Waals surface area contributed by atoms with E-state index in [9.17, 15) is 22.8 Å². The Balaban J connectivity index is 1.54. The second-order valence-corrected chi connectivity index (χ2v) is 10.3. The number of nitrogens with one attached hydrogen (secondary N) is 2. The number of nitrogens with zero attached hydrogens (tertiary/aromatic N) is 3. The molecule has 42 heavy (non-hydrogen) atoms. The minimum absolute atomic E-state index is 0.129. The summed E-state index contributed by atoms with van der Waals surface area (Å²) in [7, 11) is 5.56. The molecule has 2 N–H and O–H groups in total. The van der Waals surface area contributed by atoms with E-state index < -0.39 is 17.6 Å². The number of benzene rings is 3. The Labute approximate surface area is 244 Å². The minimum atomic E-state index is -4.56. The van der Waals surface area contributed by atoms with Crippen LogP contribution in [0.25, 0.3) is 0 Å². The van der Waals surface area contributed by atoms with Crippen LogP contribution in [-0.2, 0) is 6.18 Å². The van der Waals surface area contributed by atoms with Crippen molar-refractivity contribution in [1.29, 1.82) is 0 Å². The Bertz CT molecular complexity index is 1390. The third kappa shape index (κ3) is 7.73. The van der Waals surface area contributed by atoms with Crippen molar-refractivity contribution in [2.45, 2.75) is 12.6 Å². The number of methoxy groups -OCH3 is 1. The minimum Gasteiger partial charge on any atom is -0.495 e. The average molecular weight is 584 g/mol. The van der Waals surface area contributed by atoms with E-state index in [1.54, 1.807) is 25.3 Å². The lowest BCUT2D eigenvalue weighted by molar-refractivity contribution is -0.137. The van der Waals surface area contributed by atoms with Crippen LogP contribution in [0.1, 0.15) is 32.7 Å². The van der Waals surface area contributed by atoms with Gasteiger partial charge in [-0.25, -0.2) is 0 Å².